The van der Waals surface area contributed by atoms with Crippen LogP contribution in [0.25, 0.3) is 0 Å². The van der Waals surface area contributed by atoms with Crippen LogP contribution < -0.4 is 10.6 Å². The van der Waals surface area contributed by atoms with Crippen molar-refractivity contribution >= 4 is 17.3 Å². The van der Waals surface area contributed by atoms with Crippen LogP contribution in [0.3, 0.4) is 0 Å². The Morgan fingerprint density at radius 2 is 2.35 bits per heavy atom. The van der Waals surface area contributed by atoms with E-state index in [1.807, 2.05) is 6.07 Å². The molecule has 2 aromatic heterocycles. The van der Waals surface area contributed by atoms with Gasteiger partial charge in [-0.3, -0.25) is 5.10 Å². The molecular formula is C14H21N5S. The van der Waals surface area contributed by atoms with Gasteiger partial charge in [0.05, 0.1) is 12.2 Å². The van der Waals surface area contributed by atoms with Gasteiger partial charge in [-0.2, -0.15) is 5.10 Å². The predicted molar refractivity (Wildman–Crippen MR) is 84.1 cm³/mol. The molecule has 3 N–H and O–H groups in total. The van der Waals surface area contributed by atoms with Crippen LogP contribution >= 0.6 is 11.3 Å². The maximum Gasteiger partial charge on any atom is 0.191 e. The summed E-state index contributed by atoms with van der Waals surface area (Å²) < 4.78 is 0. The van der Waals surface area contributed by atoms with E-state index >= 15 is 0 Å². The lowest BCUT2D eigenvalue weighted by molar-refractivity contribution is 0.708. The Hall–Kier alpha value is -1.82. The van der Waals surface area contributed by atoms with Crippen molar-refractivity contribution in [3.63, 3.8) is 0 Å². The second-order valence-electron chi connectivity index (χ2n) is 4.57. The first-order valence-corrected chi connectivity index (χ1v) is 7.71. The number of nitrogens with zero attached hydrogens (tertiary/aromatic N) is 2. The first kappa shape index (κ1) is 14.6. The van der Waals surface area contributed by atoms with E-state index in [9.17, 15) is 0 Å². The summed E-state index contributed by atoms with van der Waals surface area (Å²) in [6.45, 7) is 6.60. The highest BCUT2D eigenvalue weighted by Crippen LogP contribution is 2.19. The third kappa shape index (κ3) is 4.38. The smallest absolute Gasteiger partial charge is 0.191 e. The molecule has 0 aromatic carbocycles. The van der Waals surface area contributed by atoms with E-state index < -0.39 is 0 Å². The van der Waals surface area contributed by atoms with Crippen LogP contribution in [-0.2, 0) is 6.54 Å². The number of nitrogens with one attached hydrogen (secondary N) is 3. The number of hydrogen-bond acceptors (Lipinski definition) is 3. The molecule has 108 valence electrons. The van der Waals surface area contributed by atoms with Crippen LogP contribution in [0.2, 0.25) is 0 Å². The molecule has 0 aliphatic rings. The lowest BCUT2D eigenvalue weighted by atomic mass is 10.1. The molecule has 2 aromatic rings. The Balaban J connectivity index is 1.87. The SMILES string of the molecule is CCNC(=NCc1ccn[nH]1)NCC(C)c1cccs1. The zero-order valence-electron chi connectivity index (χ0n) is 11.9. The normalized spacial score (nSPS) is 13.2. The highest BCUT2D eigenvalue weighted by molar-refractivity contribution is 7.10. The standard InChI is InChI=1S/C14H21N5S/c1-3-15-14(17-10-12-6-7-18-19-12)16-9-11(2)13-5-4-8-20-13/h4-8,11H,3,9-10H2,1-2H3,(H,18,19)(H2,15,16,17). The molecular weight excluding hydrogens is 270 g/mol. The van der Waals surface area contributed by atoms with Crippen LogP contribution in [0.4, 0.5) is 0 Å². The van der Waals surface area contributed by atoms with Gasteiger partial charge in [-0.25, -0.2) is 4.99 Å². The minimum atomic E-state index is 0.478. The topological polar surface area (TPSA) is 65.1 Å². The minimum absolute atomic E-state index is 0.478. The Morgan fingerprint density at radius 1 is 1.45 bits per heavy atom. The van der Waals surface area contributed by atoms with E-state index in [1.165, 1.54) is 4.88 Å². The van der Waals surface area contributed by atoms with Crippen LogP contribution in [0, 0.1) is 0 Å². The summed E-state index contributed by atoms with van der Waals surface area (Å²) in [5, 5.41) is 15.6. The quantitative estimate of drug-likeness (QED) is 0.565. The summed E-state index contributed by atoms with van der Waals surface area (Å²) in [6, 6.07) is 6.20. The van der Waals surface area contributed by atoms with Crippen LogP contribution in [0.5, 0.6) is 0 Å². The van der Waals surface area contributed by atoms with E-state index in [0.29, 0.717) is 12.5 Å². The number of aromatic nitrogens is 2. The fourth-order valence-corrected chi connectivity index (χ4v) is 2.59. The van der Waals surface area contributed by atoms with Crippen molar-refractivity contribution in [1.82, 2.24) is 20.8 Å². The molecule has 0 aliphatic heterocycles. The van der Waals surface area contributed by atoms with Crippen molar-refractivity contribution in [1.29, 1.82) is 0 Å². The van der Waals surface area contributed by atoms with Gasteiger partial charge < -0.3 is 10.6 Å². The monoisotopic (exact) mass is 291 g/mol. The number of thiophene rings is 1. The fourth-order valence-electron chi connectivity index (χ4n) is 1.80. The van der Waals surface area contributed by atoms with Crippen molar-refractivity contribution in [2.45, 2.75) is 26.3 Å². The van der Waals surface area contributed by atoms with Gasteiger partial charge in [-0.15, -0.1) is 11.3 Å². The van der Waals surface area contributed by atoms with E-state index in [2.05, 4.69) is 57.2 Å². The zero-order chi connectivity index (χ0) is 14.2. The van der Waals surface area contributed by atoms with Crippen molar-refractivity contribution < 1.29 is 0 Å². The summed E-state index contributed by atoms with van der Waals surface area (Å²) in [5.74, 6) is 1.32. The lowest BCUT2D eigenvalue weighted by Gasteiger charge is -2.14. The molecule has 2 rings (SSSR count). The molecule has 2 heterocycles. The molecule has 0 bridgehead atoms. The van der Waals surface area contributed by atoms with Crippen LogP contribution in [0.1, 0.15) is 30.3 Å². The maximum absolute atomic E-state index is 4.54. The Labute approximate surface area is 123 Å². The molecule has 0 aliphatic carbocycles. The average molecular weight is 291 g/mol. The molecule has 1 atom stereocenters. The van der Waals surface area contributed by atoms with Gasteiger partial charge >= 0.3 is 0 Å². The molecule has 0 saturated heterocycles. The summed E-state index contributed by atoms with van der Waals surface area (Å²) in [6.07, 6.45) is 1.74. The third-order valence-corrected chi connectivity index (χ3v) is 4.02. The first-order valence-electron chi connectivity index (χ1n) is 6.83. The second-order valence-corrected chi connectivity index (χ2v) is 5.55. The number of aliphatic imine (C=N–C) groups is 1. The van der Waals surface area contributed by atoms with Gasteiger partial charge in [-0.1, -0.05) is 13.0 Å². The largest absolute Gasteiger partial charge is 0.357 e. The average Bonchev–Trinajstić information content (AvgIpc) is 3.13. The van der Waals surface area contributed by atoms with Crippen LogP contribution in [0.15, 0.2) is 34.8 Å². The lowest BCUT2D eigenvalue weighted by Crippen LogP contribution is -2.39. The number of H-pyrrole nitrogens is 1. The first-order chi connectivity index (χ1) is 9.79. The molecule has 6 heteroatoms. The second kappa shape index (κ2) is 7.69. The minimum Gasteiger partial charge on any atom is -0.357 e. The van der Waals surface area contributed by atoms with E-state index in [-0.39, 0.29) is 0 Å². The molecule has 20 heavy (non-hydrogen) atoms. The number of rotatable bonds is 6. The molecule has 0 fully saturated rings. The highest BCUT2D eigenvalue weighted by atomic mass is 32.1. The third-order valence-electron chi connectivity index (χ3n) is 2.91. The van der Waals surface area contributed by atoms with Gasteiger partial charge in [0.1, 0.15) is 0 Å². The van der Waals surface area contributed by atoms with Crippen molar-refractivity contribution in [2.24, 2.45) is 4.99 Å². The van der Waals surface area contributed by atoms with Crippen molar-refractivity contribution in [3.8, 4) is 0 Å². The number of aromatic amines is 1. The Morgan fingerprint density at radius 3 is 3.00 bits per heavy atom. The predicted octanol–water partition coefficient (Wildman–Crippen LogP) is 2.33. The van der Waals surface area contributed by atoms with E-state index in [4.69, 9.17) is 0 Å². The van der Waals surface area contributed by atoms with Gasteiger partial charge in [0.2, 0.25) is 0 Å². The Kier molecular flexibility index (Phi) is 5.61. The van der Waals surface area contributed by atoms with Gasteiger partial charge in [-0.05, 0) is 24.4 Å². The summed E-state index contributed by atoms with van der Waals surface area (Å²) >= 11 is 1.79. The summed E-state index contributed by atoms with van der Waals surface area (Å²) in [4.78, 5) is 5.93. The number of guanidine groups is 1. The zero-order valence-corrected chi connectivity index (χ0v) is 12.7. The fraction of sp³-hybridized carbons (Fsp3) is 0.429. The summed E-state index contributed by atoms with van der Waals surface area (Å²) in [5.41, 5.74) is 1.01. The van der Waals surface area contributed by atoms with Crippen molar-refractivity contribution in [3.05, 3.63) is 40.3 Å². The number of hydrogen-bond donors (Lipinski definition) is 3. The van der Waals surface area contributed by atoms with Gasteiger partial charge in [0.15, 0.2) is 5.96 Å². The molecule has 0 spiro atoms. The van der Waals surface area contributed by atoms with Gasteiger partial charge in [0, 0.05) is 30.1 Å². The molecule has 0 radical (unpaired) electrons. The van der Waals surface area contributed by atoms with E-state index in [0.717, 1.165) is 24.7 Å². The van der Waals surface area contributed by atoms with Crippen LogP contribution in [-0.4, -0.2) is 29.2 Å². The molecule has 0 amide bonds. The molecule has 5 nitrogen and oxygen atoms in total. The maximum atomic E-state index is 4.54. The van der Waals surface area contributed by atoms with Gasteiger partial charge in [0.25, 0.3) is 0 Å². The Bertz CT molecular complexity index is 504. The molecule has 0 saturated carbocycles. The molecule has 1 unspecified atom stereocenters. The van der Waals surface area contributed by atoms with Crippen molar-refractivity contribution in [2.75, 3.05) is 13.1 Å². The summed E-state index contributed by atoms with van der Waals surface area (Å²) in [7, 11) is 0. The highest BCUT2D eigenvalue weighted by Gasteiger charge is 2.07. The van der Waals surface area contributed by atoms with E-state index in [1.54, 1.807) is 17.5 Å².